The van der Waals surface area contributed by atoms with E-state index in [-0.39, 0.29) is 0 Å². The largest absolute Gasteiger partial charge is 0.471 e. The normalized spacial score (nSPS) is 25.5. The van der Waals surface area contributed by atoms with E-state index in [0.717, 1.165) is 61.0 Å². The molecular formula is C20H24F3N7O. The molecule has 1 unspecified atom stereocenters. The average Bonchev–Trinajstić information content (AvgIpc) is 3.46. The minimum Gasteiger partial charge on any atom is -0.346 e. The lowest BCUT2D eigenvalue weighted by molar-refractivity contribution is -0.174. The number of nitrogens with zero attached hydrogens (tertiary/aromatic N) is 5. The van der Waals surface area contributed by atoms with Crippen LogP contribution >= 0.6 is 0 Å². The fourth-order valence-electron chi connectivity index (χ4n) is 5.06. The Hall–Kier alpha value is -2.69. The highest BCUT2D eigenvalue weighted by Crippen LogP contribution is 2.38. The van der Waals surface area contributed by atoms with E-state index in [9.17, 15) is 18.0 Å². The lowest BCUT2D eigenvalue weighted by atomic mass is 9.80. The van der Waals surface area contributed by atoms with Crippen molar-refractivity contribution in [2.45, 2.75) is 50.2 Å². The molecule has 5 rings (SSSR count). The van der Waals surface area contributed by atoms with E-state index < -0.39 is 18.1 Å². The van der Waals surface area contributed by atoms with Gasteiger partial charge in [0.05, 0.1) is 5.69 Å². The summed E-state index contributed by atoms with van der Waals surface area (Å²) in [6, 6.07) is 1.57. The minimum absolute atomic E-state index is 0.339. The Labute approximate surface area is 176 Å². The summed E-state index contributed by atoms with van der Waals surface area (Å²) in [7, 11) is 0. The molecule has 2 fully saturated rings. The number of amides is 1. The molecule has 1 aliphatic carbocycles. The number of aromatic nitrogens is 5. The van der Waals surface area contributed by atoms with Gasteiger partial charge in [-0.25, -0.2) is 9.50 Å². The second kappa shape index (κ2) is 7.77. The van der Waals surface area contributed by atoms with Crippen molar-refractivity contribution in [1.29, 1.82) is 0 Å². The Morgan fingerprint density at radius 2 is 2.03 bits per heavy atom. The summed E-state index contributed by atoms with van der Waals surface area (Å²) in [5.41, 5.74) is 2.85. The number of alkyl halides is 3. The van der Waals surface area contributed by atoms with Crippen LogP contribution in [0.5, 0.6) is 0 Å². The van der Waals surface area contributed by atoms with E-state index in [1.165, 1.54) is 0 Å². The standard InChI is InChI=1S/C20H24F3N7O/c21-20(22,23)19(31)26-14-6-8-29(10-14)9-12-1-3-13(4-2-12)16-17-15-5-7-24-18(15)25-11-30(17)28-27-16/h5,7,11-14,24H,1-4,6,8-10H2,(H,26,31). The van der Waals surface area contributed by atoms with Crippen LogP contribution < -0.4 is 5.32 Å². The van der Waals surface area contributed by atoms with Crippen LogP contribution in [0.4, 0.5) is 13.2 Å². The molecule has 1 aliphatic heterocycles. The van der Waals surface area contributed by atoms with Gasteiger partial charge in [0.15, 0.2) is 0 Å². The third-order valence-corrected chi connectivity index (χ3v) is 6.61. The predicted molar refractivity (Wildman–Crippen MR) is 106 cm³/mol. The Morgan fingerprint density at radius 3 is 2.81 bits per heavy atom. The summed E-state index contributed by atoms with van der Waals surface area (Å²) in [5, 5.41) is 11.8. The second-order valence-electron chi connectivity index (χ2n) is 8.69. The number of hydrogen-bond donors (Lipinski definition) is 2. The van der Waals surface area contributed by atoms with Gasteiger partial charge in [-0.3, -0.25) is 4.79 Å². The number of likely N-dealkylation sites (tertiary alicyclic amines) is 1. The lowest BCUT2D eigenvalue weighted by Gasteiger charge is -2.30. The van der Waals surface area contributed by atoms with Gasteiger partial charge in [0.2, 0.25) is 0 Å². The van der Waals surface area contributed by atoms with Gasteiger partial charge in [-0.05, 0) is 44.1 Å². The van der Waals surface area contributed by atoms with Crippen LogP contribution in [-0.2, 0) is 4.79 Å². The monoisotopic (exact) mass is 435 g/mol. The summed E-state index contributed by atoms with van der Waals surface area (Å²) in [6.45, 7) is 2.06. The zero-order valence-corrected chi connectivity index (χ0v) is 16.9. The number of carbonyl (C=O) groups is 1. The first-order valence-corrected chi connectivity index (χ1v) is 10.7. The summed E-state index contributed by atoms with van der Waals surface area (Å²) in [5.74, 6) is -0.997. The highest BCUT2D eigenvalue weighted by atomic mass is 19.4. The number of nitrogens with one attached hydrogen (secondary N) is 2. The summed E-state index contributed by atoms with van der Waals surface area (Å²) < 4.78 is 39.1. The van der Waals surface area contributed by atoms with E-state index in [1.54, 1.807) is 10.8 Å². The average molecular weight is 435 g/mol. The maximum absolute atomic E-state index is 12.4. The minimum atomic E-state index is -4.82. The van der Waals surface area contributed by atoms with Crippen LogP contribution in [-0.4, -0.2) is 67.5 Å². The highest BCUT2D eigenvalue weighted by molar-refractivity contribution is 5.92. The third-order valence-electron chi connectivity index (χ3n) is 6.61. The van der Waals surface area contributed by atoms with Crippen molar-refractivity contribution >= 4 is 22.5 Å². The Balaban J connectivity index is 1.17. The molecule has 0 spiro atoms. The third kappa shape index (κ3) is 3.98. The fraction of sp³-hybridized carbons (Fsp3) is 0.600. The van der Waals surface area contributed by atoms with Gasteiger partial charge in [-0.1, -0.05) is 5.21 Å². The molecule has 31 heavy (non-hydrogen) atoms. The van der Waals surface area contributed by atoms with E-state index in [0.29, 0.717) is 24.8 Å². The molecule has 0 bridgehead atoms. The molecule has 2 aliphatic rings. The molecular weight excluding hydrogens is 411 g/mol. The van der Waals surface area contributed by atoms with Gasteiger partial charge in [-0.15, -0.1) is 5.10 Å². The zero-order valence-electron chi connectivity index (χ0n) is 16.9. The highest BCUT2D eigenvalue weighted by Gasteiger charge is 2.40. The molecule has 0 aromatic carbocycles. The van der Waals surface area contributed by atoms with Crippen LogP contribution in [0.15, 0.2) is 18.6 Å². The molecule has 3 aromatic rings. The summed E-state index contributed by atoms with van der Waals surface area (Å²) in [6.07, 6.45) is 3.39. The Bertz CT molecular complexity index is 1080. The predicted octanol–water partition coefficient (Wildman–Crippen LogP) is 2.63. The second-order valence-corrected chi connectivity index (χ2v) is 8.69. The van der Waals surface area contributed by atoms with Crippen molar-refractivity contribution in [2.24, 2.45) is 5.92 Å². The number of H-pyrrole nitrogens is 1. The molecule has 11 heteroatoms. The van der Waals surface area contributed by atoms with Crippen LogP contribution in [0.1, 0.15) is 43.7 Å². The van der Waals surface area contributed by atoms with E-state index >= 15 is 0 Å². The molecule has 4 heterocycles. The molecule has 166 valence electrons. The Morgan fingerprint density at radius 1 is 1.23 bits per heavy atom. The topological polar surface area (TPSA) is 91.2 Å². The molecule has 1 saturated heterocycles. The van der Waals surface area contributed by atoms with Crippen molar-refractivity contribution in [1.82, 2.24) is 35.0 Å². The van der Waals surface area contributed by atoms with Gasteiger partial charge in [-0.2, -0.15) is 13.2 Å². The van der Waals surface area contributed by atoms with Gasteiger partial charge < -0.3 is 15.2 Å². The number of fused-ring (bicyclic) bond motifs is 3. The van der Waals surface area contributed by atoms with Crippen LogP contribution in [0.25, 0.3) is 16.6 Å². The Kier molecular flexibility index (Phi) is 5.07. The fourth-order valence-corrected chi connectivity index (χ4v) is 5.06. The van der Waals surface area contributed by atoms with Crippen LogP contribution in [0, 0.1) is 5.92 Å². The van der Waals surface area contributed by atoms with Crippen molar-refractivity contribution in [3.05, 3.63) is 24.3 Å². The van der Waals surface area contributed by atoms with E-state index in [4.69, 9.17) is 0 Å². The van der Waals surface area contributed by atoms with Crippen molar-refractivity contribution in [3.8, 4) is 0 Å². The van der Waals surface area contributed by atoms with Crippen molar-refractivity contribution < 1.29 is 18.0 Å². The van der Waals surface area contributed by atoms with Crippen LogP contribution in [0.2, 0.25) is 0 Å². The molecule has 1 saturated carbocycles. The van der Waals surface area contributed by atoms with Crippen molar-refractivity contribution in [3.63, 3.8) is 0 Å². The summed E-state index contributed by atoms with van der Waals surface area (Å²) >= 11 is 0. The summed E-state index contributed by atoms with van der Waals surface area (Å²) in [4.78, 5) is 20.8. The van der Waals surface area contributed by atoms with Gasteiger partial charge in [0, 0.05) is 43.2 Å². The molecule has 0 radical (unpaired) electrons. The first-order chi connectivity index (χ1) is 14.9. The van der Waals surface area contributed by atoms with Crippen LogP contribution in [0.3, 0.4) is 0 Å². The van der Waals surface area contributed by atoms with E-state index in [1.807, 2.05) is 12.3 Å². The molecule has 1 amide bonds. The number of carbonyl (C=O) groups excluding carboxylic acids is 1. The smallest absolute Gasteiger partial charge is 0.346 e. The van der Waals surface area contributed by atoms with E-state index in [2.05, 4.69) is 30.5 Å². The quantitative estimate of drug-likeness (QED) is 0.658. The number of hydrogen-bond acceptors (Lipinski definition) is 5. The van der Waals surface area contributed by atoms with Gasteiger partial charge in [0.25, 0.3) is 0 Å². The van der Waals surface area contributed by atoms with Gasteiger partial charge >= 0.3 is 12.1 Å². The molecule has 2 N–H and O–H groups in total. The lowest BCUT2D eigenvalue weighted by Crippen LogP contribution is -2.44. The maximum Gasteiger partial charge on any atom is 0.471 e. The maximum atomic E-state index is 12.4. The molecule has 1 atom stereocenters. The number of aromatic amines is 1. The zero-order chi connectivity index (χ0) is 21.6. The van der Waals surface area contributed by atoms with Gasteiger partial charge in [0.1, 0.15) is 17.5 Å². The molecule has 3 aromatic heterocycles. The molecule has 8 nitrogen and oxygen atoms in total. The SMILES string of the molecule is O=C(NC1CCN(CC2CCC(c3nnn4cnc5[nH]ccc5c34)CC2)C1)C(F)(F)F. The number of rotatable bonds is 4. The first kappa shape index (κ1) is 20.2. The number of halogens is 3. The first-order valence-electron chi connectivity index (χ1n) is 10.7. The van der Waals surface area contributed by atoms with Crippen molar-refractivity contribution in [2.75, 3.05) is 19.6 Å².